The lowest BCUT2D eigenvalue weighted by Crippen LogP contribution is -2.19. The van der Waals surface area contributed by atoms with E-state index in [0.29, 0.717) is 34.9 Å². The number of oxazole rings is 1. The van der Waals surface area contributed by atoms with Crippen molar-refractivity contribution in [2.75, 3.05) is 0 Å². The van der Waals surface area contributed by atoms with Crippen LogP contribution in [0, 0.1) is 6.92 Å². The van der Waals surface area contributed by atoms with E-state index >= 15 is 0 Å². The van der Waals surface area contributed by atoms with Crippen molar-refractivity contribution >= 4 is 17.1 Å². The van der Waals surface area contributed by atoms with Crippen LogP contribution in [0.1, 0.15) is 11.4 Å². The summed E-state index contributed by atoms with van der Waals surface area (Å²) in [6.07, 6.45) is 1.80. The van der Waals surface area contributed by atoms with E-state index in [0.717, 1.165) is 5.56 Å². The number of benzene rings is 1. The van der Waals surface area contributed by atoms with E-state index < -0.39 is 11.7 Å². The van der Waals surface area contributed by atoms with Crippen molar-refractivity contribution in [3.63, 3.8) is 0 Å². The fraction of sp³-hybridized carbons (Fsp3) is 0.222. The van der Waals surface area contributed by atoms with E-state index in [1.54, 1.807) is 18.2 Å². The molecule has 0 saturated carbocycles. The van der Waals surface area contributed by atoms with Gasteiger partial charge in [-0.3, -0.25) is 9.36 Å². The first-order valence-corrected chi connectivity index (χ1v) is 8.30. The molecule has 0 unspecified atom stereocenters. The SMILES string of the molecule is Cc1ccc2oc(=O)n(CCc3nc(-c4ccco4)nn3CC(=O)O)c2c1. The van der Waals surface area contributed by atoms with Crippen LogP contribution < -0.4 is 5.76 Å². The van der Waals surface area contributed by atoms with Gasteiger partial charge in [0.1, 0.15) is 12.4 Å². The monoisotopic (exact) mass is 368 g/mol. The van der Waals surface area contributed by atoms with Gasteiger partial charge in [0.25, 0.3) is 0 Å². The van der Waals surface area contributed by atoms with E-state index in [2.05, 4.69) is 10.1 Å². The fourth-order valence-corrected chi connectivity index (χ4v) is 2.92. The minimum Gasteiger partial charge on any atom is -0.480 e. The van der Waals surface area contributed by atoms with Gasteiger partial charge in [-0.05, 0) is 36.8 Å². The van der Waals surface area contributed by atoms with Gasteiger partial charge in [-0.15, -0.1) is 5.10 Å². The molecule has 9 heteroatoms. The minimum atomic E-state index is -1.03. The van der Waals surface area contributed by atoms with Crippen LogP contribution in [0.5, 0.6) is 0 Å². The van der Waals surface area contributed by atoms with Crippen molar-refractivity contribution in [1.29, 1.82) is 0 Å². The zero-order valence-corrected chi connectivity index (χ0v) is 14.5. The third-order valence-corrected chi connectivity index (χ3v) is 4.16. The maximum Gasteiger partial charge on any atom is 0.419 e. The molecule has 0 bridgehead atoms. The second kappa shape index (κ2) is 6.60. The van der Waals surface area contributed by atoms with Crippen LogP contribution >= 0.6 is 0 Å². The number of furan rings is 1. The summed E-state index contributed by atoms with van der Waals surface area (Å²) in [5, 5.41) is 13.3. The lowest BCUT2D eigenvalue weighted by atomic mass is 10.2. The number of aromatic nitrogens is 4. The molecule has 0 spiro atoms. The number of carboxylic acids is 1. The van der Waals surface area contributed by atoms with Gasteiger partial charge in [0.15, 0.2) is 11.3 Å². The van der Waals surface area contributed by atoms with E-state index in [4.69, 9.17) is 13.9 Å². The summed E-state index contributed by atoms with van der Waals surface area (Å²) in [6.45, 7) is 1.88. The number of aliphatic carboxylic acids is 1. The quantitative estimate of drug-likeness (QED) is 0.554. The van der Waals surface area contributed by atoms with Gasteiger partial charge in [0.2, 0.25) is 5.82 Å². The van der Waals surface area contributed by atoms with Crippen LogP contribution in [0.15, 0.2) is 50.2 Å². The van der Waals surface area contributed by atoms with E-state index in [-0.39, 0.29) is 13.1 Å². The number of hydrogen-bond donors (Lipinski definition) is 1. The molecule has 3 heterocycles. The number of nitrogens with zero attached hydrogens (tertiary/aromatic N) is 4. The minimum absolute atomic E-state index is 0.283. The van der Waals surface area contributed by atoms with E-state index in [1.807, 2.05) is 19.1 Å². The molecule has 1 N–H and O–H groups in total. The maximum absolute atomic E-state index is 12.2. The van der Waals surface area contributed by atoms with Gasteiger partial charge in [-0.25, -0.2) is 14.5 Å². The molecule has 9 nitrogen and oxygen atoms in total. The average Bonchev–Trinajstić information content (AvgIpc) is 3.32. The first-order chi connectivity index (χ1) is 13.0. The summed E-state index contributed by atoms with van der Waals surface area (Å²) in [5.41, 5.74) is 2.20. The van der Waals surface area contributed by atoms with E-state index in [1.165, 1.54) is 15.5 Å². The Morgan fingerprint density at radius 3 is 2.89 bits per heavy atom. The number of fused-ring (bicyclic) bond motifs is 1. The Hall–Kier alpha value is -3.62. The van der Waals surface area contributed by atoms with Gasteiger partial charge in [0.05, 0.1) is 11.8 Å². The predicted octanol–water partition coefficient (Wildman–Crippen LogP) is 2.08. The molecule has 0 aliphatic carbocycles. The highest BCUT2D eigenvalue weighted by atomic mass is 16.4. The first kappa shape index (κ1) is 16.8. The summed E-state index contributed by atoms with van der Waals surface area (Å²) in [7, 11) is 0. The van der Waals surface area contributed by atoms with Crippen LogP contribution in [0.25, 0.3) is 22.7 Å². The summed E-state index contributed by atoms with van der Waals surface area (Å²) in [6, 6.07) is 8.89. The molecule has 4 aromatic rings. The highest BCUT2D eigenvalue weighted by molar-refractivity contribution is 5.73. The smallest absolute Gasteiger partial charge is 0.419 e. The molecule has 3 aromatic heterocycles. The zero-order valence-electron chi connectivity index (χ0n) is 14.5. The maximum atomic E-state index is 12.2. The largest absolute Gasteiger partial charge is 0.480 e. The van der Waals surface area contributed by atoms with Crippen molar-refractivity contribution < 1.29 is 18.7 Å². The van der Waals surface area contributed by atoms with Gasteiger partial charge in [-0.2, -0.15) is 0 Å². The van der Waals surface area contributed by atoms with Crippen LogP contribution in [0.2, 0.25) is 0 Å². The van der Waals surface area contributed by atoms with Crippen molar-refractivity contribution in [3.05, 3.63) is 58.5 Å². The number of hydrogen-bond acceptors (Lipinski definition) is 6. The second-order valence-corrected chi connectivity index (χ2v) is 6.12. The molecular weight excluding hydrogens is 352 g/mol. The van der Waals surface area contributed by atoms with E-state index in [9.17, 15) is 9.59 Å². The highest BCUT2D eigenvalue weighted by Gasteiger charge is 2.17. The van der Waals surface area contributed by atoms with Crippen molar-refractivity contribution in [1.82, 2.24) is 19.3 Å². The average molecular weight is 368 g/mol. The van der Waals surface area contributed by atoms with Gasteiger partial charge in [0, 0.05) is 13.0 Å². The Morgan fingerprint density at radius 2 is 2.15 bits per heavy atom. The van der Waals surface area contributed by atoms with Crippen molar-refractivity contribution in [3.8, 4) is 11.6 Å². The fourth-order valence-electron chi connectivity index (χ4n) is 2.92. The Balaban J connectivity index is 1.66. The molecule has 0 fully saturated rings. The second-order valence-electron chi connectivity index (χ2n) is 6.12. The number of carbonyl (C=O) groups is 1. The van der Waals surface area contributed by atoms with Crippen molar-refractivity contribution in [2.24, 2.45) is 0 Å². The molecule has 0 aliphatic heterocycles. The molecule has 138 valence electrons. The summed E-state index contributed by atoms with van der Waals surface area (Å²) < 4.78 is 13.3. The molecule has 0 atom stereocenters. The first-order valence-electron chi connectivity index (χ1n) is 8.30. The standard InChI is InChI=1S/C18H16N4O5/c1-11-4-5-13-12(9-11)21(18(25)27-13)7-6-15-19-17(14-3-2-8-26-14)20-22(15)10-16(23)24/h2-5,8-9H,6-7,10H2,1H3,(H,23,24). The van der Waals surface area contributed by atoms with Gasteiger partial charge >= 0.3 is 11.7 Å². The van der Waals surface area contributed by atoms with Crippen LogP contribution in [0.3, 0.4) is 0 Å². The highest BCUT2D eigenvalue weighted by Crippen LogP contribution is 2.18. The Labute approximate surface area is 152 Å². The number of aryl methyl sites for hydroxylation is 3. The van der Waals surface area contributed by atoms with Crippen LogP contribution in [-0.2, 0) is 24.3 Å². The summed E-state index contributed by atoms with van der Waals surface area (Å²) in [4.78, 5) is 27.7. The lowest BCUT2D eigenvalue weighted by Gasteiger charge is -2.04. The van der Waals surface area contributed by atoms with Gasteiger partial charge < -0.3 is 13.9 Å². The third-order valence-electron chi connectivity index (χ3n) is 4.16. The van der Waals surface area contributed by atoms with Crippen molar-refractivity contribution in [2.45, 2.75) is 26.4 Å². The zero-order chi connectivity index (χ0) is 19.0. The number of carboxylic acid groups (broad SMARTS) is 1. The Bertz CT molecular complexity index is 1170. The number of rotatable bonds is 6. The van der Waals surface area contributed by atoms with Crippen LogP contribution in [0.4, 0.5) is 0 Å². The predicted molar refractivity (Wildman–Crippen MR) is 94.3 cm³/mol. The summed E-state index contributed by atoms with van der Waals surface area (Å²) in [5.74, 6) is -0.309. The molecule has 0 radical (unpaired) electrons. The molecule has 27 heavy (non-hydrogen) atoms. The third kappa shape index (κ3) is 3.26. The topological polar surface area (TPSA) is 116 Å². The Kier molecular flexibility index (Phi) is 4.11. The molecule has 1 aromatic carbocycles. The normalized spacial score (nSPS) is 11.3. The molecule has 0 aliphatic rings. The van der Waals surface area contributed by atoms with Crippen LogP contribution in [-0.4, -0.2) is 30.4 Å². The molecule has 0 saturated heterocycles. The molecule has 0 amide bonds. The summed E-state index contributed by atoms with van der Waals surface area (Å²) >= 11 is 0. The Morgan fingerprint density at radius 1 is 1.30 bits per heavy atom. The van der Waals surface area contributed by atoms with Gasteiger partial charge in [-0.1, -0.05) is 6.07 Å². The molecule has 4 rings (SSSR count). The lowest BCUT2D eigenvalue weighted by molar-refractivity contribution is -0.137. The molecular formula is C18H16N4O5.